The van der Waals surface area contributed by atoms with Crippen molar-refractivity contribution in [1.29, 1.82) is 0 Å². The summed E-state index contributed by atoms with van der Waals surface area (Å²) in [6, 6.07) is 14.6. The van der Waals surface area contributed by atoms with Gasteiger partial charge < -0.3 is 10.2 Å². The number of nitrogens with zero attached hydrogens (tertiary/aromatic N) is 1. The summed E-state index contributed by atoms with van der Waals surface area (Å²) in [5, 5.41) is 6.53. The molecular formula is C20H19FN2OS. The van der Waals surface area contributed by atoms with Crippen molar-refractivity contribution >= 4 is 27.3 Å². The highest BCUT2D eigenvalue weighted by Crippen LogP contribution is 2.28. The first kappa shape index (κ1) is 16.2. The molecule has 3 nitrogen and oxygen atoms in total. The molecule has 1 atom stereocenters. The van der Waals surface area contributed by atoms with Crippen molar-refractivity contribution in [2.24, 2.45) is 0 Å². The van der Waals surface area contributed by atoms with Crippen LogP contribution < -0.4 is 5.32 Å². The molecule has 1 saturated heterocycles. The van der Waals surface area contributed by atoms with Gasteiger partial charge in [0, 0.05) is 24.3 Å². The topological polar surface area (TPSA) is 32.3 Å². The number of carbonyl (C=O) groups is 1. The molecule has 3 aromatic rings. The Bertz CT molecular complexity index is 907. The fourth-order valence-electron chi connectivity index (χ4n) is 3.45. The van der Waals surface area contributed by atoms with Crippen LogP contribution in [0.2, 0.25) is 0 Å². The van der Waals surface area contributed by atoms with Crippen LogP contribution in [-0.4, -0.2) is 30.4 Å². The molecule has 1 amide bonds. The van der Waals surface area contributed by atoms with Crippen LogP contribution in [0.25, 0.3) is 10.1 Å². The molecule has 1 aliphatic heterocycles. The number of hydrogen-bond donors (Lipinski definition) is 1. The predicted molar refractivity (Wildman–Crippen MR) is 99.3 cm³/mol. The lowest BCUT2D eigenvalue weighted by atomic mass is 10.0. The molecule has 2 heterocycles. The smallest absolute Gasteiger partial charge is 0.227 e. The van der Waals surface area contributed by atoms with E-state index in [4.69, 9.17) is 0 Å². The summed E-state index contributed by atoms with van der Waals surface area (Å²) in [4.78, 5) is 14.9. The monoisotopic (exact) mass is 354 g/mol. The molecule has 0 radical (unpaired) electrons. The summed E-state index contributed by atoms with van der Waals surface area (Å²) in [6.45, 7) is 2.06. The lowest BCUT2D eigenvalue weighted by molar-refractivity contribution is -0.133. The number of nitrogens with one attached hydrogen (secondary N) is 1. The van der Waals surface area contributed by atoms with E-state index in [-0.39, 0.29) is 17.8 Å². The number of fused-ring (bicyclic) bond motifs is 1. The van der Waals surface area contributed by atoms with Gasteiger partial charge in [-0.25, -0.2) is 4.39 Å². The summed E-state index contributed by atoms with van der Waals surface area (Å²) in [7, 11) is 0. The Kier molecular flexibility index (Phi) is 4.51. The molecule has 0 saturated carbocycles. The van der Waals surface area contributed by atoms with Gasteiger partial charge >= 0.3 is 0 Å². The quantitative estimate of drug-likeness (QED) is 0.777. The number of benzene rings is 2. The maximum atomic E-state index is 13.6. The van der Waals surface area contributed by atoms with Gasteiger partial charge in [0.2, 0.25) is 5.91 Å². The Hall–Kier alpha value is -2.24. The second-order valence-corrected chi connectivity index (χ2v) is 7.21. The largest absolute Gasteiger partial charge is 0.333 e. The molecule has 4 rings (SSSR count). The van der Waals surface area contributed by atoms with E-state index in [0.29, 0.717) is 19.5 Å². The normalized spacial score (nSPS) is 17.8. The molecule has 1 aromatic heterocycles. The summed E-state index contributed by atoms with van der Waals surface area (Å²) in [5.41, 5.74) is 1.91. The fourth-order valence-corrected chi connectivity index (χ4v) is 4.41. The first-order valence-corrected chi connectivity index (χ1v) is 9.31. The first-order chi connectivity index (χ1) is 12.2. The Labute approximate surface area is 150 Å². The number of thiophene rings is 1. The molecule has 0 spiro atoms. The van der Waals surface area contributed by atoms with Crippen LogP contribution in [0.15, 0.2) is 53.9 Å². The van der Waals surface area contributed by atoms with E-state index in [9.17, 15) is 9.18 Å². The Morgan fingerprint density at radius 2 is 2.12 bits per heavy atom. The van der Waals surface area contributed by atoms with Crippen molar-refractivity contribution in [1.82, 2.24) is 10.2 Å². The standard InChI is InChI=1S/C20H19FN2OS/c21-16-5-3-4-14(10-16)18-12-22-8-9-23(18)20(24)11-15-13-25-19-7-2-1-6-17(15)19/h1-7,10,13,18,22H,8-9,11-12H2. The van der Waals surface area contributed by atoms with Crippen molar-refractivity contribution in [2.75, 3.05) is 19.6 Å². The highest BCUT2D eigenvalue weighted by Gasteiger charge is 2.28. The van der Waals surface area contributed by atoms with Crippen molar-refractivity contribution in [3.05, 3.63) is 70.9 Å². The molecule has 25 heavy (non-hydrogen) atoms. The molecule has 1 aliphatic rings. The van der Waals surface area contributed by atoms with E-state index in [1.165, 1.54) is 16.8 Å². The van der Waals surface area contributed by atoms with Crippen molar-refractivity contribution in [3.63, 3.8) is 0 Å². The van der Waals surface area contributed by atoms with Crippen molar-refractivity contribution in [2.45, 2.75) is 12.5 Å². The third-order valence-corrected chi connectivity index (χ3v) is 5.71. The summed E-state index contributed by atoms with van der Waals surface area (Å²) >= 11 is 1.67. The number of halogens is 1. The number of piperazine rings is 1. The average Bonchev–Trinajstić information content (AvgIpc) is 3.05. The molecule has 5 heteroatoms. The van der Waals surface area contributed by atoms with Gasteiger partial charge in [-0.3, -0.25) is 4.79 Å². The second kappa shape index (κ2) is 6.94. The minimum Gasteiger partial charge on any atom is -0.333 e. The van der Waals surface area contributed by atoms with Crippen LogP contribution in [0.1, 0.15) is 17.2 Å². The van der Waals surface area contributed by atoms with Gasteiger partial charge in [0.1, 0.15) is 5.82 Å². The zero-order valence-electron chi connectivity index (χ0n) is 13.7. The van der Waals surface area contributed by atoms with E-state index >= 15 is 0 Å². The van der Waals surface area contributed by atoms with Crippen LogP contribution in [-0.2, 0) is 11.2 Å². The highest BCUT2D eigenvalue weighted by molar-refractivity contribution is 7.17. The fraction of sp³-hybridized carbons (Fsp3) is 0.250. The molecule has 128 valence electrons. The van der Waals surface area contributed by atoms with E-state index in [1.807, 2.05) is 23.1 Å². The lowest BCUT2D eigenvalue weighted by Crippen LogP contribution is -2.49. The second-order valence-electron chi connectivity index (χ2n) is 6.30. The van der Waals surface area contributed by atoms with E-state index in [1.54, 1.807) is 17.4 Å². The molecular weight excluding hydrogens is 335 g/mol. The number of rotatable bonds is 3. The SMILES string of the molecule is O=C(Cc1csc2ccccc12)N1CCNCC1c1cccc(F)c1. The van der Waals surface area contributed by atoms with Crippen molar-refractivity contribution < 1.29 is 9.18 Å². The Morgan fingerprint density at radius 3 is 3.00 bits per heavy atom. The summed E-state index contributed by atoms with van der Waals surface area (Å²) in [6.07, 6.45) is 0.385. The average molecular weight is 354 g/mol. The van der Waals surface area contributed by atoms with Gasteiger partial charge in [-0.2, -0.15) is 0 Å². The molecule has 1 unspecified atom stereocenters. The molecule has 1 fully saturated rings. The Morgan fingerprint density at radius 1 is 1.24 bits per heavy atom. The minimum atomic E-state index is -0.265. The zero-order chi connectivity index (χ0) is 17.2. The van der Waals surface area contributed by atoms with Crippen molar-refractivity contribution in [3.8, 4) is 0 Å². The molecule has 0 bridgehead atoms. The number of hydrogen-bond acceptors (Lipinski definition) is 3. The maximum Gasteiger partial charge on any atom is 0.227 e. The molecule has 2 aromatic carbocycles. The minimum absolute atomic E-state index is 0.0966. The number of amides is 1. The van der Waals surface area contributed by atoms with E-state index in [2.05, 4.69) is 22.8 Å². The first-order valence-electron chi connectivity index (χ1n) is 8.43. The Balaban J connectivity index is 1.59. The highest BCUT2D eigenvalue weighted by atomic mass is 32.1. The van der Waals surface area contributed by atoms with Gasteiger partial charge in [0.15, 0.2) is 0 Å². The third-order valence-electron chi connectivity index (χ3n) is 4.70. The van der Waals surface area contributed by atoms with Crippen LogP contribution in [0.3, 0.4) is 0 Å². The van der Waals surface area contributed by atoms with Crippen LogP contribution in [0.4, 0.5) is 4.39 Å². The van der Waals surface area contributed by atoms with Gasteiger partial charge in [-0.05, 0) is 40.1 Å². The summed E-state index contributed by atoms with van der Waals surface area (Å²) in [5.74, 6) is -0.168. The van der Waals surface area contributed by atoms with Crippen LogP contribution in [0, 0.1) is 5.82 Å². The zero-order valence-corrected chi connectivity index (χ0v) is 14.6. The van der Waals surface area contributed by atoms with E-state index in [0.717, 1.165) is 23.1 Å². The lowest BCUT2D eigenvalue weighted by Gasteiger charge is -2.36. The summed E-state index contributed by atoms with van der Waals surface area (Å²) < 4.78 is 14.8. The van der Waals surface area contributed by atoms with Gasteiger partial charge in [-0.15, -0.1) is 11.3 Å². The van der Waals surface area contributed by atoms with Crippen LogP contribution >= 0.6 is 11.3 Å². The van der Waals surface area contributed by atoms with E-state index < -0.39 is 0 Å². The molecule has 0 aliphatic carbocycles. The molecule has 1 N–H and O–H groups in total. The van der Waals surface area contributed by atoms with Gasteiger partial charge in [0.05, 0.1) is 12.5 Å². The maximum absolute atomic E-state index is 13.6. The van der Waals surface area contributed by atoms with Gasteiger partial charge in [-0.1, -0.05) is 30.3 Å². The predicted octanol–water partition coefficient (Wildman–Crippen LogP) is 3.76. The van der Waals surface area contributed by atoms with Crippen LogP contribution in [0.5, 0.6) is 0 Å². The van der Waals surface area contributed by atoms with Gasteiger partial charge in [0.25, 0.3) is 0 Å². The number of carbonyl (C=O) groups excluding carboxylic acids is 1. The third kappa shape index (κ3) is 3.30.